The number of nitrogen functional groups attached to an aromatic ring is 1. The number of benzene rings is 2. The number of aryl methyl sites for hydroxylation is 1. The van der Waals surface area contributed by atoms with Crippen molar-refractivity contribution in [2.24, 2.45) is 0 Å². The van der Waals surface area contributed by atoms with Gasteiger partial charge in [0, 0.05) is 11.1 Å². The monoisotopic (exact) mass is 367 g/mol. The van der Waals surface area contributed by atoms with Crippen LogP contribution in [0.3, 0.4) is 0 Å². The summed E-state index contributed by atoms with van der Waals surface area (Å²) >= 11 is 12.1. The molecule has 1 heterocycles. The minimum absolute atomic E-state index is 0.195. The molecule has 5 heteroatoms. The smallest absolute Gasteiger partial charge is 0.142 e. The van der Waals surface area contributed by atoms with Gasteiger partial charge in [-0.3, -0.25) is 0 Å². The fourth-order valence-corrected chi connectivity index (χ4v) is 2.93. The summed E-state index contributed by atoms with van der Waals surface area (Å²) in [5.41, 5.74) is 10.7. The second kappa shape index (κ2) is 7.14. The van der Waals surface area contributed by atoms with E-state index in [0.29, 0.717) is 21.3 Å². The summed E-state index contributed by atoms with van der Waals surface area (Å²) in [6.07, 6.45) is 0.957. The van der Waals surface area contributed by atoms with Crippen LogP contribution in [0.15, 0.2) is 48.5 Å². The highest BCUT2D eigenvalue weighted by atomic mass is 35.5. The van der Waals surface area contributed by atoms with Crippen molar-refractivity contribution in [2.45, 2.75) is 13.3 Å². The molecule has 124 valence electrons. The third-order valence-electron chi connectivity index (χ3n) is 4.05. The van der Waals surface area contributed by atoms with Gasteiger partial charge in [0.25, 0.3) is 0 Å². The molecule has 0 fully saturated rings. The van der Waals surface area contributed by atoms with Crippen molar-refractivity contribution in [3.05, 3.63) is 69.7 Å². The van der Waals surface area contributed by atoms with E-state index in [4.69, 9.17) is 28.9 Å². The number of nitrogens with two attached hydrogens (primary N) is 1. The van der Waals surface area contributed by atoms with Crippen LogP contribution < -0.4 is 5.73 Å². The normalized spacial score (nSPS) is 10.5. The van der Waals surface area contributed by atoms with Crippen LogP contribution in [0.2, 0.25) is 10.0 Å². The first-order chi connectivity index (χ1) is 12.0. The van der Waals surface area contributed by atoms with Crippen molar-refractivity contribution in [3.8, 4) is 28.5 Å². The Morgan fingerprint density at radius 1 is 1.00 bits per heavy atom. The van der Waals surface area contributed by atoms with Crippen molar-refractivity contribution >= 4 is 29.0 Å². The SMILES string of the molecule is CCc1ccc(-c2cc(-c3ccc(Cl)c(Cl)c3)nc(N)c2C#N)cc1. The maximum Gasteiger partial charge on any atom is 0.142 e. The molecule has 0 amide bonds. The van der Waals surface area contributed by atoms with Crippen molar-refractivity contribution in [2.75, 3.05) is 5.73 Å². The molecule has 0 bridgehead atoms. The molecule has 25 heavy (non-hydrogen) atoms. The molecular weight excluding hydrogens is 353 g/mol. The van der Waals surface area contributed by atoms with Crippen LogP contribution in [0.1, 0.15) is 18.1 Å². The molecule has 3 nitrogen and oxygen atoms in total. The first-order valence-corrected chi connectivity index (χ1v) is 8.54. The van der Waals surface area contributed by atoms with Crippen LogP contribution in [0.4, 0.5) is 5.82 Å². The van der Waals surface area contributed by atoms with Gasteiger partial charge >= 0.3 is 0 Å². The highest BCUT2D eigenvalue weighted by molar-refractivity contribution is 6.42. The van der Waals surface area contributed by atoms with Gasteiger partial charge in [-0.1, -0.05) is 60.5 Å². The Bertz CT molecular complexity index is 973. The standard InChI is InChI=1S/C20H15Cl2N3/c1-2-12-3-5-13(6-4-12)15-10-19(25-20(24)16(15)11-23)14-7-8-17(21)18(22)9-14/h3-10H,2H2,1H3,(H2,24,25). The molecule has 1 aromatic heterocycles. The van der Waals surface area contributed by atoms with E-state index < -0.39 is 0 Å². The van der Waals surface area contributed by atoms with E-state index in [0.717, 1.165) is 23.1 Å². The molecule has 2 N–H and O–H groups in total. The summed E-state index contributed by atoms with van der Waals surface area (Å²) in [7, 11) is 0. The zero-order chi connectivity index (χ0) is 18.0. The summed E-state index contributed by atoms with van der Waals surface area (Å²) in [5.74, 6) is 0.195. The Kier molecular flexibility index (Phi) is 4.94. The second-order valence-electron chi connectivity index (χ2n) is 5.61. The number of hydrogen-bond acceptors (Lipinski definition) is 3. The lowest BCUT2D eigenvalue weighted by Gasteiger charge is -2.11. The average molecular weight is 368 g/mol. The number of aromatic nitrogens is 1. The topological polar surface area (TPSA) is 62.7 Å². The quantitative estimate of drug-likeness (QED) is 0.641. The maximum atomic E-state index is 9.49. The zero-order valence-corrected chi connectivity index (χ0v) is 15.1. The average Bonchev–Trinajstić information content (AvgIpc) is 2.63. The third-order valence-corrected chi connectivity index (χ3v) is 4.79. The van der Waals surface area contributed by atoms with E-state index >= 15 is 0 Å². The van der Waals surface area contributed by atoms with Crippen LogP contribution >= 0.6 is 23.2 Å². The van der Waals surface area contributed by atoms with E-state index in [9.17, 15) is 5.26 Å². The summed E-state index contributed by atoms with van der Waals surface area (Å²) in [6.45, 7) is 2.10. The Labute approximate surface area is 156 Å². The van der Waals surface area contributed by atoms with Crippen molar-refractivity contribution in [3.63, 3.8) is 0 Å². The molecule has 0 saturated heterocycles. The van der Waals surface area contributed by atoms with Gasteiger partial charge < -0.3 is 5.73 Å². The largest absolute Gasteiger partial charge is 0.383 e. The number of anilines is 1. The van der Waals surface area contributed by atoms with E-state index in [2.05, 4.69) is 18.0 Å². The predicted octanol–water partition coefficient (Wildman–Crippen LogP) is 5.74. The lowest BCUT2D eigenvalue weighted by atomic mass is 9.97. The predicted molar refractivity (Wildman–Crippen MR) is 104 cm³/mol. The van der Waals surface area contributed by atoms with Gasteiger partial charge in [-0.2, -0.15) is 5.26 Å². The number of hydrogen-bond donors (Lipinski definition) is 1. The molecule has 0 aliphatic carbocycles. The number of rotatable bonds is 3. The lowest BCUT2D eigenvalue weighted by molar-refractivity contribution is 1.14. The molecule has 0 unspecified atom stereocenters. The van der Waals surface area contributed by atoms with E-state index in [-0.39, 0.29) is 5.82 Å². The first kappa shape index (κ1) is 17.3. The van der Waals surface area contributed by atoms with Crippen LogP contribution in [0.25, 0.3) is 22.4 Å². The highest BCUT2D eigenvalue weighted by Crippen LogP contribution is 2.33. The number of nitrogens with zero attached hydrogens (tertiary/aromatic N) is 2. The Morgan fingerprint density at radius 2 is 1.68 bits per heavy atom. The molecule has 0 atom stereocenters. The molecule has 0 aliphatic heterocycles. The maximum absolute atomic E-state index is 9.49. The Hall–Kier alpha value is -2.54. The molecule has 0 radical (unpaired) electrons. The molecule has 0 spiro atoms. The number of nitriles is 1. The summed E-state index contributed by atoms with van der Waals surface area (Å²) in [4.78, 5) is 4.36. The lowest BCUT2D eigenvalue weighted by Crippen LogP contribution is -2.00. The van der Waals surface area contributed by atoms with Crippen LogP contribution in [-0.2, 0) is 6.42 Å². The van der Waals surface area contributed by atoms with Crippen LogP contribution in [-0.4, -0.2) is 4.98 Å². The second-order valence-corrected chi connectivity index (χ2v) is 6.42. The van der Waals surface area contributed by atoms with E-state index in [1.54, 1.807) is 12.1 Å². The molecule has 2 aromatic carbocycles. The molecule has 0 aliphatic rings. The van der Waals surface area contributed by atoms with Crippen molar-refractivity contribution in [1.82, 2.24) is 4.98 Å². The molecule has 3 aromatic rings. The highest BCUT2D eigenvalue weighted by Gasteiger charge is 2.14. The fourth-order valence-electron chi connectivity index (χ4n) is 2.63. The van der Waals surface area contributed by atoms with Crippen molar-refractivity contribution < 1.29 is 0 Å². The van der Waals surface area contributed by atoms with Crippen LogP contribution in [0, 0.1) is 11.3 Å². The Morgan fingerprint density at radius 3 is 2.28 bits per heavy atom. The number of pyridine rings is 1. The van der Waals surface area contributed by atoms with Crippen LogP contribution in [0.5, 0.6) is 0 Å². The van der Waals surface area contributed by atoms with E-state index in [1.807, 2.05) is 36.4 Å². The zero-order valence-electron chi connectivity index (χ0n) is 13.6. The van der Waals surface area contributed by atoms with E-state index in [1.165, 1.54) is 5.56 Å². The van der Waals surface area contributed by atoms with Gasteiger partial charge in [0.05, 0.1) is 15.7 Å². The summed E-state index contributed by atoms with van der Waals surface area (Å²) < 4.78 is 0. The Balaban J connectivity index is 2.18. The van der Waals surface area contributed by atoms with Gasteiger partial charge in [-0.25, -0.2) is 4.98 Å². The van der Waals surface area contributed by atoms with Gasteiger partial charge in [0.15, 0.2) is 0 Å². The van der Waals surface area contributed by atoms with Gasteiger partial charge in [0.2, 0.25) is 0 Å². The van der Waals surface area contributed by atoms with Gasteiger partial charge in [0.1, 0.15) is 17.5 Å². The van der Waals surface area contributed by atoms with Gasteiger partial charge in [-0.05, 0) is 35.7 Å². The third kappa shape index (κ3) is 3.46. The molecule has 3 rings (SSSR count). The minimum Gasteiger partial charge on any atom is -0.383 e. The summed E-state index contributed by atoms with van der Waals surface area (Å²) in [6, 6.07) is 17.4. The molecular formula is C20H15Cl2N3. The minimum atomic E-state index is 0.195. The number of halogens is 2. The fraction of sp³-hybridized carbons (Fsp3) is 0.100. The molecule has 0 saturated carbocycles. The van der Waals surface area contributed by atoms with Crippen molar-refractivity contribution in [1.29, 1.82) is 5.26 Å². The van der Waals surface area contributed by atoms with Gasteiger partial charge in [-0.15, -0.1) is 0 Å². The summed E-state index contributed by atoms with van der Waals surface area (Å²) in [5, 5.41) is 10.4. The first-order valence-electron chi connectivity index (χ1n) is 7.78.